The van der Waals surface area contributed by atoms with Crippen molar-refractivity contribution in [2.24, 2.45) is 0 Å². The summed E-state index contributed by atoms with van der Waals surface area (Å²) in [4.78, 5) is 0. The van der Waals surface area contributed by atoms with Crippen LogP contribution in [0.25, 0.3) is 0 Å². The summed E-state index contributed by atoms with van der Waals surface area (Å²) < 4.78 is 13.0. The molecule has 1 aliphatic rings. The molecule has 1 aromatic rings. The highest BCUT2D eigenvalue weighted by atomic mass is 35.5. The van der Waals surface area contributed by atoms with Crippen molar-refractivity contribution in [1.29, 1.82) is 0 Å². The molecule has 2 nitrogen and oxygen atoms in total. The van der Waals surface area contributed by atoms with Crippen LogP contribution in [-0.4, -0.2) is 17.3 Å². The van der Waals surface area contributed by atoms with Crippen LogP contribution in [0.4, 0.5) is 4.39 Å². The Bertz CT molecular complexity index is 405. The first-order chi connectivity index (χ1) is 8.59. The minimum absolute atomic E-state index is 0.144. The van der Waals surface area contributed by atoms with E-state index >= 15 is 0 Å². The Labute approximate surface area is 112 Å². The molecule has 1 fully saturated rings. The van der Waals surface area contributed by atoms with Crippen LogP contribution in [0.15, 0.2) is 18.2 Å². The summed E-state index contributed by atoms with van der Waals surface area (Å²) in [6.07, 6.45) is 5.14. The van der Waals surface area contributed by atoms with Crippen molar-refractivity contribution in [3.63, 3.8) is 0 Å². The van der Waals surface area contributed by atoms with Gasteiger partial charge in [-0.2, -0.15) is 0 Å². The fourth-order valence-corrected chi connectivity index (χ4v) is 2.68. The van der Waals surface area contributed by atoms with E-state index in [1.54, 1.807) is 12.1 Å². The van der Waals surface area contributed by atoms with E-state index in [-0.39, 0.29) is 5.02 Å². The first kappa shape index (κ1) is 13.8. The van der Waals surface area contributed by atoms with Gasteiger partial charge in [0.25, 0.3) is 0 Å². The minimum atomic E-state index is -0.567. The molecule has 0 aromatic heterocycles. The summed E-state index contributed by atoms with van der Waals surface area (Å²) in [6.45, 7) is 1.18. The van der Waals surface area contributed by atoms with Gasteiger partial charge < -0.3 is 10.4 Å². The monoisotopic (exact) mass is 271 g/mol. The van der Waals surface area contributed by atoms with E-state index in [1.165, 1.54) is 12.5 Å². The number of hydrogen-bond donors (Lipinski definition) is 2. The maximum absolute atomic E-state index is 13.0. The van der Waals surface area contributed by atoms with E-state index in [4.69, 9.17) is 11.6 Å². The second-order valence-electron chi connectivity index (χ2n) is 5.14. The summed E-state index contributed by atoms with van der Waals surface area (Å²) >= 11 is 5.72. The molecular formula is C14H19ClFNO. The fourth-order valence-electron chi connectivity index (χ4n) is 2.48. The lowest BCUT2D eigenvalue weighted by molar-refractivity contribution is 0.00467. The van der Waals surface area contributed by atoms with Gasteiger partial charge >= 0.3 is 0 Å². The van der Waals surface area contributed by atoms with Crippen LogP contribution in [0, 0.1) is 5.82 Å². The first-order valence-electron chi connectivity index (χ1n) is 6.46. The average molecular weight is 272 g/mol. The summed E-state index contributed by atoms with van der Waals surface area (Å²) in [5.74, 6) is -0.397. The van der Waals surface area contributed by atoms with Gasteiger partial charge in [-0.3, -0.25) is 0 Å². The molecule has 4 heteroatoms. The van der Waals surface area contributed by atoms with Crippen molar-refractivity contribution in [3.8, 4) is 0 Å². The van der Waals surface area contributed by atoms with Crippen LogP contribution in [0.5, 0.6) is 0 Å². The van der Waals surface area contributed by atoms with Gasteiger partial charge in [0.1, 0.15) is 5.82 Å². The van der Waals surface area contributed by atoms with E-state index in [9.17, 15) is 9.50 Å². The molecule has 0 amide bonds. The predicted molar refractivity (Wildman–Crippen MR) is 71.2 cm³/mol. The van der Waals surface area contributed by atoms with Gasteiger partial charge in [0.05, 0.1) is 10.6 Å². The van der Waals surface area contributed by atoms with Gasteiger partial charge in [-0.1, -0.05) is 36.9 Å². The molecule has 0 atom stereocenters. The third-order valence-electron chi connectivity index (χ3n) is 3.55. The molecule has 2 N–H and O–H groups in total. The van der Waals surface area contributed by atoms with Gasteiger partial charge in [0, 0.05) is 13.1 Å². The van der Waals surface area contributed by atoms with Crippen LogP contribution >= 0.6 is 11.6 Å². The standard InChI is InChI=1S/C14H19ClFNO/c15-12-8-11(4-5-13(12)16)9-17-10-14(18)6-2-1-3-7-14/h4-5,8,17-18H,1-3,6-7,9-10H2. The number of aliphatic hydroxyl groups is 1. The average Bonchev–Trinajstić information content (AvgIpc) is 2.34. The Hall–Kier alpha value is -0.640. The maximum atomic E-state index is 13.0. The molecule has 0 radical (unpaired) electrons. The van der Waals surface area contributed by atoms with Crippen molar-refractivity contribution in [2.45, 2.75) is 44.2 Å². The molecule has 18 heavy (non-hydrogen) atoms. The van der Waals surface area contributed by atoms with Gasteiger partial charge in [-0.25, -0.2) is 4.39 Å². The second kappa shape index (κ2) is 6.00. The van der Waals surface area contributed by atoms with Gasteiger partial charge in [0.15, 0.2) is 0 Å². The van der Waals surface area contributed by atoms with E-state index in [1.807, 2.05) is 0 Å². The lowest BCUT2D eigenvalue weighted by Gasteiger charge is -2.32. The quantitative estimate of drug-likeness (QED) is 0.881. The molecule has 1 aromatic carbocycles. The SMILES string of the molecule is OC1(CNCc2ccc(F)c(Cl)c2)CCCCC1. The smallest absolute Gasteiger partial charge is 0.141 e. The lowest BCUT2D eigenvalue weighted by Crippen LogP contribution is -2.41. The van der Waals surface area contributed by atoms with Gasteiger partial charge in [-0.15, -0.1) is 0 Å². The molecule has 1 saturated carbocycles. The Morgan fingerprint density at radius 3 is 2.67 bits per heavy atom. The van der Waals surface area contributed by atoms with Crippen molar-refractivity contribution < 1.29 is 9.50 Å². The van der Waals surface area contributed by atoms with Gasteiger partial charge in [-0.05, 0) is 30.5 Å². The summed E-state index contributed by atoms with van der Waals surface area (Å²) in [6, 6.07) is 4.70. The third-order valence-corrected chi connectivity index (χ3v) is 3.84. The molecule has 0 bridgehead atoms. The topological polar surface area (TPSA) is 32.3 Å². The number of rotatable bonds is 4. The van der Waals surface area contributed by atoms with Crippen molar-refractivity contribution >= 4 is 11.6 Å². The first-order valence-corrected chi connectivity index (χ1v) is 6.84. The highest BCUT2D eigenvalue weighted by Gasteiger charge is 2.28. The summed E-state index contributed by atoms with van der Waals surface area (Å²) in [5.41, 5.74) is 0.364. The van der Waals surface area contributed by atoms with Crippen LogP contribution in [0.2, 0.25) is 5.02 Å². The highest BCUT2D eigenvalue weighted by Crippen LogP contribution is 2.27. The molecule has 1 aliphatic carbocycles. The number of hydrogen-bond acceptors (Lipinski definition) is 2. The molecule has 0 unspecified atom stereocenters. The highest BCUT2D eigenvalue weighted by molar-refractivity contribution is 6.30. The van der Waals surface area contributed by atoms with Gasteiger partial charge in [0.2, 0.25) is 0 Å². The van der Waals surface area contributed by atoms with Crippen LogP contribution in [0.1, 0.15) is 37.7 Å². The second-order valence-corrected chi connectivity index (χ2v) is 5.54. The Balaban J connectivity index is 1.82. The molecule has 0 aliphatic heterocycles. The number of benzene rings is 1. The van der Waals surface area contributed by atoms with Crippen LogP contribution < -0.4 is 5.32 Å². The van der Waals surface area contributed by atoms with Crippen molar-refractivity contribution in [2.75, 3.05) is 6.54 Å². The fraction of sp³-hybridized carbons (Fsp3) is 0.571. The molecule has 2 rings (SSSR count). The van der Waals surface area contributed by atoms with Crippen molar-refractivity contribution in [3.05, 3.63) is 34.6 Å². The molecule has 0 saturated heterocycles. The van der Waals surface area contributed by atoms with E-state index < -0.39 is 11.4 Å². The summed E-state index contributed by atoms with van der Waals surface area (Å²) in [7, 11) is 0. The number of halogens is 2. The molecule has 100 valence electrons. The predicted octanol–water partition coefficient (Wildman–Crippen LogP) is 3.26. The zero-order valence-corrected chi connectivity index (χ0v) is 11.1. The van der Waals surface area contributed by atoms with Crippen molar-refractivity contribution in [1.82, 2.24) is 5.32 Å². The molecule has 0 heterocycles. The number of nitrogens with one attached hydrogen (secondary N) is 1. The zero-order valence-electron chi connectivity index (χ0n) is 10.4. The van der Waals surface area contributed by atoms with Crippen LogP contribution in [0.3, 0.4) is 0 Å². The third kappa shape index (κ3) is 3.67. The summed E-state index contributed by atoms with van der Waals surface area (Å²) in [5, 5.41) is 13.7. The molecule has 0 spiro atoms. The van der Waals surface area contributed by atoms with Crippen LogP contribution in [-0.2, 0) is 6.54 Å². The molecular weight excluding hydrogens is 253 g/mol. The van der Waals surface area contributed by atoms with E-state index in [0.29, 0.717) is 13.1 Å². The normalized spacial score (nSPS) is 18.8. The Morgan fingerprint density at radius 2 is 2.00 bits per heavy atom. The lowest BCUT2D eigenvalue weighted by atomic mass is 9.85. The minimum Gasteiger partial charge on any atom is -0.389 e. The Morgan fingerprint density at radius 1 is 1.28 bits per heavy atom. The van der Waals surface area contributed by atoms with E-state index in [0.717, 1.165) is 31.2 Å². The largest absolute Gasteiger partial charge is 0.389 e. The zero-order chi connectivity index (χ0) is 13.0. The Kier molecular flexibility index (Phi) is 4.60. The van der Waals surface area contributed by atoms with E-state index in [2.05, 4.69) is 5.32 Å². The maximum Gasteiger partial charge on any atom is 0.141 e.